The quantitative estimate of drug-likeness (QED) is 0.819. The van der Waals surface area contributed by atoms with Crippen molar-refractivity contribution < 1.29 is 0 Å². The lowest BCUT2D eigenvalue weighted by molar-refractivity contribution is 0.394. The molecule has 0 radical (unpaired) electrons. The molecule has 0 spiro atoms. The number of rotatable bonds is 2. The summed E-state index contributed by atoms with van der Waals surface area (Å²) in [6.07, 6.45) is 5.41. The Morgan fingerprint density at radius 2 is 2.11 bits per heavy atom. The molecule has 1 aliphatic carbocycles. The molecule has 1 aromatic heterocycles. The summed E-state index contributed by atoms with van der Waals surface area (Å²) < 4.78 is 0. The highest BCUT2D eigenvalue weighted by atomic mass is 32.2. The topological polar surface area (TPSA) is 38.9 Å². The van der Waals surface area contributed by atoms with Gasteiger partial charge in [0.2, 0.25) is 0 Å². The molecule has 2 N–H and O–H groups in total. The average Bonchev–Trinajstić information content (AvgIpc) is 2.39. The molecule has 0 bridgehead atoms. The number of aromatic nitrogens is 1. The molecule has 0 aliphatic heterocycles. The zero-order valence-electron chi connectivity index (χ0n) is 11.3. The Kier molecular flexibility index (Phi) is 3.65. The van der Waals surface area contributed by atoms with Crippen molar-refractivity contribution in [3.05, 3.63) is 30.3 Å². The van der Waals surface area contributed by atoms with Gasteiger partial charge in [0.25, 0.3) is 0 Å². The Hall–Kier alpha value is -1.22. The molecule has 1 saturated carbocycles. The van der Waals surface area contributed by atoms with Crippen LogP contribution in [-0.4, -0.2) is 10.2 Å². The lowest BCUT2D eigenvalue weighted by Gasteiger charge is -2.25. The number of fused-ring (bicyclic) bond motifs is 1. The second-order valence-electron chi connectivity index (χ2n) is 5.61. The van der Waals surface area contributed by atoms with Gasteiger partial charge in [-0.2, -0.15) is 0 Å². The van der Waals surface area contributed by atoms with Gasteiger partial charge in [-0.3, -0.25) is 0 Å². The highest BCUT2D eigenvalue weighted by molar-refractivity contribution is 7.99. The predicted octanol–water partition coefficient (Wildman–Crippen LogP) is 4.49. The molecule has 1 aliphatic rings. The van der Waals surface area contributed by atoms with E-state index in [2.05, 4.69) is 19.1 Å². The van der Waals surface area contributed by atoms with Crippen molar-refractivity contribution in [1.82, 2.24) is 4.98 Å². The largest absolute Gasteiger partial charge is 0.399 e. The molecule has 0 saturated heterocycles. The Morgan fingerprint density at radius 3 is 2.95 bits per heavy atom. The lowest BCUT2D eigenvalue weighted by Crippen LogP contribution is -2.15. The highest BCUT2D eigenvalue weighted by Crippen LogP contribution is 2.35. The van der Waals surface area contributed by atoms with Crippen LogP contribution in [0.2, 0.25) is 0 Å². The number of hydrogen-bond acceptors (Lipinski definition) is 3. The van der Waals surface area contributed by atoms with Crippen molar-refractivity contribution in [2.45, 2.75) is 42.9 Å². The number of nitrogens with two attached hydrogens (primary N) is 1. The molecule has 3 rings (SSSR count). The normalized spacial score (nSPS) is 23.6. The van der Waals surface area contributed by atoms with Crippen LogP contribution in [0.1, 0.15) is 32.6 Å². The smallest absolute Gasteiger partial charge is 0.0970 e. The standard InChI is InChI=1S/C16H20N2S/c1-11-3-2-4-14(9-11)19-16-8-5-12-10-13(17)6-7-15(12)18-16/h5-8,10-11,14H,2-4,9,17H2,1H3. The molecule has 2 atom stereocenters. The van der Waals surface area contributed by atoms with Crippen molar-refractivity contribution in [2.24, 2.45) is 5.92 Å². The molecule has 1 aromatic carbocycles. The third-order valence-corrected chi connectivity index (χ3v) is 5.09. The molecule has 100 valence electrons. The molecule has 19 heavy (non-hydrogen) atoms. The molecule has 0 amide bonds. The van der Waals surface area contributed by atoms with E-state index >= 15 is 0 Å². The first-order valence-corrected chi connectivity index (χ1v) is 7.91. The average molecular weight is 272 g/mol. The first kappa shape index (κ1) is 12.8. The Labute approximate surface area is 118 Å². The summed E-state index contributed by atoms with van der Waals surface area (Å²) in [7, 11) is 0. The van der Waals surface area contributed by atoms with E-state index in [9.17, 15) is 0 Å². The van der Waals surface area contributed by atoms with Crippen molar-refractivity contribution >= 4 is 28.4 Å². The molecule has 3 heteroatoms. The number of pyridine rings is 1. The van der Waals surface area contributed by atoms with E-state index in [0.29, 0.717) is 0 Å². The molecular weight excluding hydrogens is 252 g/mol. The summed E-state index contributed by atoms with van der Waals surface area (Å²) in [5, 5.41) is 3.01. The summed E-state index contributed by atoms with van der Waals surface area (Å²) in [6, 6.07) is 10.2. The number of nitrogens with zero attached hydrogens (tertiary/aromatic N) is 1. The van der Waals surface area contributed by atoms with Gasteiger partial charge in [-0.05, 0) is 43.0 Å². The predicted molar refractivity (Wildman–Crippen MR) is 83.4 cm³/mol. The van der Waals surface area contributed by atoms with E-state index in [1.165, 1.54) is 25.7 Å². The zero-order valence-corrected chi connectivity index (χ0v) is 12.1. The third kappa shape index (κ3) is 3.03. The molecule has 2 unspecified atom stereocenters. The van der Waals surface area contributed by atoms with Gasteiger partial charge in [0, 0.05) is 16.3 Å². The van der Waals surface area contributed by atoms with Crippen molar-refractivity contribution in [2.75, 3.05) is 5.73 Å². The molecule has 2 nitrogen and oxygen atoms in total. The number of thioether (sulfide) groups is 1. The second-order valence-corrected chi connectivity index (χ2v) is 6.93. The van der Waals surface area contributed by atoms with E-state index in [1.807, 2.05) is 30.0 Å². The van der Waals surface area contributed by atoms with Crippen molar-refractivity contribution in [1.29, 1.82) is 0 Å². The fourth-order valence-electron chi connectivity index (χ4n) is 2.85. The SMILES string of the molecule is CC1CCCC(Sc2ccc3cc(N)ccc3n2)C1. The van der Waals surface area contributed by atoms with Gasteiger partial charge < -0.3 is 5.73 Å². The summed E-state index contributed by atoms with van der Waals surface area (Å²) in [5.41, 5.74) is 7.64. The highest BCUT2D eigenvalue weighted by Gasteiger charge is 2.20. The van der Waals surface area contributed by atoms with Gasteiger partial charge >= 0.3 is 0 Å². The summed E-state index contributed by atoms with van der Waals surface area (Å²) in [5.74, 6) is 0.867. The maximum atomic E-state index is 5.79. The zero-order chi connectivity index (χ0) is 13.2. The van der Waals surface area contributed by atoms with Gasteiger partial charge in [-0.1, -0.05) is 25.8 Å². The molecular formula is C16H20N2S. The van der Waals surface area contributed by atoms with Crippen molar-refractivity contribution in [3.8, 4) is 0 Å². The van der Waals surface area contributed by atoms with Crippen LogP contribution in [0, 0.1) is 5.92 Å². The first-order chi connectivity index (χ1) is 9.20. The Bertz CT molecular complexity index is 582. The first-order valence-electron chi connectivity index (χ1n) is 7.03. The van der Waals surface area contributed by atoms with E-state index in [0.717, 1.165) is 32.8 Å². The third-order valence-electron chi connectivity index (χ3n) is 3.86. The van der Waals surface area contributed by atoms with Gasteiger partial charge in [-0.15, -0.1) is 11.8 Å². The maximum absolute atomic E-state index is 5.79. The minimum absolute atomic E-state index is 0.738. The number of benzene rings is 1. The van der Waals surface area contributed by atoms with Crippen LogP contribution in [0.3, 0.4) is 0 Å². The van der Waals surface area contributed by atoms with Crippen LogP contribution in [0.25, 0.3) is 10.9 Å². The van der Waals surface area contributed by atoms with Gasteiger partial charge in [-0.25, -0.2) is 4.98 Å². The fraction of sp³-hybridized carbons (Fsp3) is 0.438. The van der Waals surface area contributed by atoms with Crippen LogP contribution < -0.4 is 5.73 Å². The Balaban J connectivity index is 1.79. The Morgan fingerprint density at radius 1 is 1.21 bits per heavy atom. The van der Waals surface area contributed by atoms with Crippen LogP contribution >= 0.6 is 11.8 Å². The molecule has 1 fully saturated rings. The van der Waals surface area contributed by atoms with E-state index in [4.69, 9.17) is 10.7 Å². The van der Waals surface area contributed by atoms with Crippen LogP contribution in [0.5, 0.6) is 0 Å². The number of anilines is 1. The number of nitrogen functional groups attached to an aromatic ring is 1. The van der Waals surface area contributed by atoms with E-state index in [1.54, 1.807) is 0 Å². The van der Waals surface area contributed by atoms with Crippen LogP contribution in [-0.2, 0) is 0 Å². The molecule has 2 aromatic rings. The lowest BCUT2D eigenvalue weighted by atomic mass is 9.91. The minimum Gasteiger partial charge on any atom is -0.399 e. The maximum Gasteiger partial charge on any atom is 0.0970 e. The van der Waals surface area contributed by atoms with Gasteiger partial charge in [0.1, 0.15) is 0 Å². The van der Waals surface area contributed by atoms with Gasteiger partial charge in [0.15, 0.2) is 0 Å². The second kappa shape index (κ2) is 5.41. The minimum atomic E-state index is 0.738. The summed E-state index contributed by atoms with van der Waals surface area (Å²) in [6.45, 7) is 2.36. The van der Waals surface area contributed by atoms with Gasteiger partial charge in [0.05, 0.1) is 10.5 Å². The van der Waals surface area contributed by atoms with E-state index in [-0.39, 0.29) is 0 Å². The van der Waals surface area contributed by atoms with Crippen molar-refractivity contribution in [3.63, 3.8) is 0 Å². The monoisotopic (exact) mass is 272 g/mol. The molecule has 1 heterocycles. The fourth-order valence-corrected chi connectivity index (χ4v) is 4.20. The van der Waals surface area contributed by atoms with Crippen LogP contribution in [0.4, 0.5) is 5.69 Å². The summed E-state index contributed by atoms with van der Waals surface area (Å²) >= 11 is 1.94. The van der Waals surface area contributed by atoms with E-state index < -0.39 is 0 Å². The van der Waals surface area contributed by atoms with Crippen LogP contribution in [0.15, 0.2) is 35.4 Å². The summed E-state index contributed by atoms with van der Waals surface area (Å²) in [4.78, 5) is 4.74. The number of hydrogen-bond donors (Lipinski definition) is 1.